The highest BCUT2D eigenvalue weighted by molar-refractivity contribution is 7.99. The molecule has 18 heavy (non-hydrogen) atoms. The van der Waals surface area contributed by atoms with E-state index in [9.17, 15) is 9.59 Å². The summed E-state index contributed by atoms with van der Waals surface area (Å²) in [5.41, 5.74) is 0.293. The maximum Gasteiger partial charge on any atom is 0.354 e. The summed E-state index contributed by atoms with van der Waals surface area (Å²) in [5, 5.41) is 8.86. The average molecular weight is 266 g/mol. The number of hydrogen-bond donors (Lipinski definition) is 1. The molecule has 1 fully saturated rings. The molecule has 0 saturated carbocycles. The second-order valence-electron chi connectivity index (χ2n) is 4.16. The van der Waals surface area contributed by atoms with Gasteiger partial charge in [0, 0.05) is 35.9 Å². The lowest BCUT2D eigenvalue weighted by molar-refractivity contribution is 0.0690. The highest BCUT2D eigenvalue weighted by Crippen LogP contribution is 2.18. The van der Waals surface area contributed by atoms with Crippen molar-refractivity contribution in [1.82, 2.24) is 9.88 Å². The number of carboxylic acid groups (broad SMARTS) is 1. The molecule has 0 aliphatic carbocycles. The van der Waals surface area contributed by atoms with Crippen molar-refractivity contribution in [1.29, 1.82) is 0 Å². The molecule has 96 valence electrons. The number of carbonyl (C=O) groups excluding carboxylic acids is 1. The fourth-order valence-electron chi connectivity index (χ4n) is 1.88. The summed E-state index contributed by atoms with van der Waals surface area (Å²) in [7, 11) is 0. The highest BCUT2D eigenvalue weighted by atomic mass is 32.2. The SMILES string of the molecule is CC1CSCCN1C(=O)c1ccnc(C(=O)O)c1. The van der Waals surface area contributed by atoms with Gasteiger partial charge < -0.3 is 10.0 Å². The standard InChI is InChI=1S/C12H14N2O3S/c1-8-7-18-5-4-14(8)11(15)9-2-3-13-10(6-9)12(16)17/h2-3,6,8H,4-5,7H2,1H3,(H,16,17). The van der Waals surface area contributed by atoms with E-state index in [1.54, 1.807) is 11.0 Å². The topological polar surface area (TPSA) is 70.5 Å². The zero-order valence-electron chi connectivity index (χ0n) is 10.00. The molecular formula is C12H14N2O3S. The van der Waals surface area contributed by atoms with Gasteiger partial charge in [0.05, 0.1) is 0 Å². The van der Waals surface area contributed by atoms with Crippen molar-refractivity contribution in [2.24, 2.45) is 0 Å². The molecular weight excluding hydrogens is 252 g/mol. The van der Waals surface area contributed by atoms with Crippen LogP contribution in [0, 0.1) is 0 Å². The minimum Gasteiger partial charge on any atom is -0.477 e. The van der Waals surface area contributed by atoms with Crippen molar-refractivity contribution in [2.75, 3.05) is 18.1 Å². The molecule has 1 aliphatic heterocycles. The van der Waals surface area contributed by atoms with Crippen LogP contribution in [0.2, 0.25) is 0 Å². The van der Waals surface area contributed by atoms with Gasteiger partial charge in [0.15, 0.2) is 0 Å². The summed E-state index contributed by atoms with van der Waals surface area (Å²) in [6.45, 7) is 2.71. The van der Waals surface area contributed by atoms with Crippen LogP contribution in [-0.4, -0.2) is 51.0 Å². The number of carboxylic acids is 1. The van der Waals surface area contributed by atoms with Crippen molar-refractivity contribution in [3.63, 3.8) is 0 Å². The fraction of sp³-hybridized carbons (Fsp3) is 0.417. The predicted octanol–water partition coefficient (Wildman–Crippen LogP) is 1.36. The monoisotopic (exact) mass is 266 g/mol. The van der Waals surface area contributed by atoms with Crippen LogP contribution in [0.4, 0.5) is 0 Å². The molecule has 0 aromatic carbocycles. The van der Waals surface area contributed by atoms with Crippen LogP contribution in [0.3, 0.4) is 0 Å². The largest absolute Gasteiger partial charge is 0.477 e. The Kier molecular flexibility index (Phi) is 3.86. The maximum absolute atomic E-state index is 12.3. The Hall–Kier alpha value is -1.56. The van der Waals surface area contributed by atoms with Gasteiger partial charge in [-0.15, -0.1) is 0 Å². The summed E-state index contributed by atoms with van der Waals surface area (Å²) in [6.07, 6.45) is 1.36. The molecule has 1 amide bonds. The molecule has 6 heteroatoms. The number of thioether (sulfide) groups is 1. The van der Waals surface area contributed by atoms with Crippen LogP contribution in [0.25, 0.3) is 0 Å². The normalized spacial score (nSPS) is 19.6. The minimum atomic E-state index is -1.12. The summed E-state index contributed by atoms with van der Waals surface area (Å²) in [5.74, 6) is 0.606. The van der Waals surface area contributed by atoms with E-state index in [2.05, 4.69) is 4.98 Å². The molecule has 0 radical (unpaired) electrons. The molecule has 0 spiro atoms. The summed E-state index contributed by atoms with van der Waals surface area (Å²) in [4.78, 5) is 28.6. The molecule has 1 atom stereocenters. The third-order valence-corrected chi connectivity index (χ3v) is 4.04. The van der Waals surface area contributed by atoms with E-state index in [1.165, 1.54) is 12.3 Å². The molecule has 0 bridgehead atoms. The average Bonchev–Trinajstić information content (AvgIpc) is 2.38. The second-order valence-corrected chi connectivity index (χ2v) is 5.31. The van der Waals surface area contributed by atoms with Crippen LogP contribution in [-0.2, 0) is 0 Å². The molecule has 2 heterocycles. The Balaban J connectivity index is 2.22. The minimum absolute atomic E-state index is 0.0973. The lowest BCUT2D eigenvalue weighted by Crippen LogP contribution is -2.44. The van der Waals surface area contributed by atoms with Crippen LogP contribution >= 0.6 is 11.8 Å². The molecule has 1 aromatic rings. The van der Waals surface area contributed by atoms with Crippen LogP contribution in [0.15, 0.2) is 18.3 Å². The number of pyridine rings is 1. The third kappa shape index (κ3) is 2.64. The lowest BCUT2D eigenvalue weighted by atomic mass is 10.1. The first-order valence-corrected chi connectivity index (χ1v) is 6.83. The van der Waals surface area contributed by atoms with Gasteiger partial charge in [-0.3, -0.25) is 4.79 Å². The van der Waals surface area contributed by atoms with E-state index in [0.717, 1.165) is 11.5 Å². The van der Waals surface area contributed by atoms with Crippen molar-refractivity contribution in [3.05, 3.63) is 29.6 Å². The van der Waals surface area contributed by atoms with Crippen molar-refractivity contribution >= 4 is 23.6 Å². The van der Waals surface area contributed by atoms with Gasteiger partial charge in [-0.1, -0.05) is 0 Å². The van der Waals surface area contributed by atoms with Crippen molar-refractivity contribution < 1.29 is 14.7 Å². The summed E-state index contributed by atoms with van der Waals surface area (Å²) < 4.78 is 0. The highest BCUT2D eigenvalue weighted by Gasteiger charge is 2.25. The van der Waals surface area contributed by atoms with E-state index in [0.29, 0.717) is 12.1 Å². The Morgan fingerprint density at radius 2 is 2.33 bits per heavy atom. The molecule has 2 rings (SSSR count). The van der Waals surface area contributed by atoms with Crippen LogP contribution in [0.5, 0.6) is 0 Å². The first kappa shape index (κ1) is 12.9. The number of carbonyl (C=O) groups is 2. The van der Waals surface area contributed by atoms with E-state index < -0.39 is 5.97 Å². The quantitative estimate of drug-likeness (QED) is 0.875. The number of aromatic carboxylic acids is 1. The number of rotatable bonds is 2. The summed E-state index contributed by atoms with van der Waals surface area (Å²) in [6, 6.07) is 3.07. The molecule has 1 N–H and O–H groups in total. The first-order chi connectivity index (χ1) is 8.59. The van der Waals surface area contributed by atoms with Gasteiger partial charge in [0.2, 0.25) is 0 Å². The number of aromatic nitrogens is 1. The first-order valence-electron chi connectivity index (χ1n) is 5.67. The van der Waals surface area contributed by atoms with Gasteiger partial charge in [0.1, 0.15) is 5.69 Å². The second kappa shape index (κ2) is 5.39. The Morgan fingerprint density at radius 1 is 1.56 bits per heavy atom. The Morgan fingerprint density at radius 3 is 3.00 bits per heavy atom. The van der Waals surface area contributed by atoms with Gasteiger partial charge in [-0.2, -0.15) is 11.8 Å². The van der Waals surface area contributed by atoms with E-state index in [1.807, 2.05) is 18.7 Å². The van der Waals surface area contributed by atoms with Gasteiger partial charge in [0.25, 0.3) is 5.91 Å². The summed E-state index contributed by atoms with van der Waals surface area (Å²) >= 11 is 1.83. The number of hydrogen-bond acceptors (Lipinski definition) is 4. The van der Waals surface area contributed by atoms with Crippen LogP contribution in [0.1, 0.15) is 27.8 Å². The van der Waals surface area contributed by atoms with Crippen molar-refractivity contribution in [3.8, 4) is 0 Å². The zero-order valence-corrected chi connectivity index (χ0v) is 10.8. The number of nitrogens with zero attached hydrogens (tertiary/aromatic N) is 2. The lowest BCUT2D eigenvalue weighted by Gasteiger charge is -2.33. The molecule has 1 saturated heterocycles. The fourth-order valence-corrected chi connectivity index (χ4v) is 2.89. The van der Waals surface area contributed by atoms with E-state index >= 15 is 0 Å². The molecule has 1 aliphatic rings. The maximum atomic E-state index is 12.3. The smallest absolute Gasteiger partial charge is 0.354 e. The van der Waals surface area contributed by atoms with Gasteiger partial charge in [-0.05, 0) is 19.1 Å². The van der Waals surface area contributed by atoms with E-state index in [4.69, 9.17) is 5.11 Å². The predicted molar refractivity (Wildman–Crippen MR) is 69.0 cm³/mol. The van der Waals surface area contributed by atoms with Crippen LogP contribution < -0.4 is 0 Å². The Labute approximate surface area is 109 Å². The molecule has 5 nitrogen and oxygen atoms in total. The number of amides is 1. The van der Waals surface area contributed by atoms with Crippen molar-refractivity contribution in [2.45, 2.75) is 13.0 Å². The van der Waals surface area contributed by atoms with E-state index in [-0.39, 0.29) is 17.6 Å². The zero-order chi connectivity index (χ0) is 13.1. The molecule has 1 unspecified atom stereocenters. The third-order valence-electron chi connectivity index (χ3n) is 2.85. The van der Waals surface area contributed by atoms with Gasteiger partial charge >= 0.3 is 5.97 Å². The van der Waals surface area contributed by atoms with Gasteiger partial charge in [-0.25, -0.2) is 9.78 Å². The molecule has 1 aromatic heterocycles. The Bertz CT molecular complexity index is 478.